The molecule has 1 aromatic heterocycles. The molecule has 0 saturated carbocycles. The van der Waals surface area contributed by atoms with Crippen LogP contribution < -0.4 is 5.32 Å². The van der Waals surface area contributed by atoms with E-state index in [1.165, 1.54) is 18.2 Å². The average molecular weight is 261 g/mol. The SMILES string of the molecule is Cc1noc(C)c1C(=O)Nc1cccc([N+](=O)[O-])c1. The maximum atomic E-state index is 12.0. The first-order valence-corrected chi connectivity index (χ1v) is 5.47. The first kappa shape index (κ1) is 12.7. The lowest BCUT2D eigenvalue weighted by atomic mass is 10.2. The highest BCUT2D eigenvalue weighted by molar-refractivity contribution is 6.05. The van der Waals surface area contributed by atoms with E-state index in [1.54, 1.807) is 19.9 Å². The van der Waals surface area contributed by atoms with Crippen molar-refractivity contribution < 1.29 is 14.2 Å². The Bertz CT molecular complexity index is 629. The third-order valence-corrected chi connectivity index (χ3v) is 2.58. The molecule has 1 N–H and O–H groups in total. The minimum atomic E-state index is -0.522. The summed E-state index contributed by atoms with van der Waals surface area (Å²) in [5.74, 6) is -0.00261. The topological polar surface area (TPSA) is 98.3 Å². The number of hydrogen-bond acceptors (Lipinski definition) is 5. The van der Waals surface area contributed by atoms with Crippen LogP contribution in [0.4, 0.5) is 11.4 Å². The van der Waals surface area contributed by atoms with E-state index in [2.05, 4.69) is 10.5 Å². The maximum Gasteiger partial charge on any atom is 0.271 e. The molecule has 0 aliphatic heterocycles. The number of nitrogens with zero attached hydrogens (tertiary/aromatic N) is 2. The first-order chi connectivity index (χ1) is 8.99. The first-order valence-electron chi connectivity index (χ1n) is 5.47. The molecular formula is C12H11N3O4. The van der Waals surface area contributed by atoms with Gasteiger partial charge in [0.15, 0.2) is 0 Å². The van der Waals surface area contributed by atoms with Gasteiger partial charge in [-0.3, -0.25) is 14.9 Å². The molecule has 0 bridgehead atoms. The third kappa shape index (κ3) is 2.59. The molecule has 0 aliphatic carbocycles. The van der Waals surface area contributed by atoms with Gasteiger partial charge in [-0.2, -0.15) is 0 Å². The van der Waals surface area contributed by atoms with E-state index >= 15 is 0 Å². The lowest BCUT2D eigenvalue weighted by Crippen LogP contribution is -2.13. The molecule has 0 fully saturated rings. The Morgan fingerprint density at radius 2 is 2.16 bits per heavy atom. The van der Waals surface area contributed by atoms with Crippen molar-refractivity contribution in [3.8, 4) is 0 Å². The van der Waals surface area contributed by atoms with Gasteiger partial charge in [-0.25, -0.2) is 0 Å². The van der Waals surface area contributed by atoms with Crippen LogP contribution in [0.15, 0.2) is 28.8 Å². The quantitative estimate of drug-likeness (QED) is 0.675. The van der Waals surface area contributed by atoms with Crippen LogP contribution in [0.2, 0.25) is 0 Å². The number of nitrogens with one attached hydrogen (secondary N) is 1. The zero-order valence-electron chi connectivity index (χ0n) is 10.3. The Morgan fingerprint density at radius 1 is 1.42 bits per heavy atom. The summed E-state index contributed by atoms with van der Waals surface area (Å²) >= 11 is 0. The number of amides is 1. The van der Waals surface area contributed by atoms with Crippen molar-refractivity contribution in [3.63, 3.8) is 0 Å². The van der Waals surface area contributed by atoms with Crippen LogP contribution in [0.1, 0.15) is 21.8 Å². The number of aryl methyl sites for hydroxylation is 2. The van der Waals surface area contributed by atoms with Crippen LogP contribution >= 0.6 is 0 Å². The number of rotatable bonds is 3. The molecule has 0 unspecified atom stereocenters. The number of hydrogen-bond donors (Lipinski definition) is 1. The number of carbonyl (C=O) groups is 1. The molecule has 1 heterocycles. The minimum Gasteiger partial charge on any atom is -0.361 e. The normalized spacial score (nSPS) is 10.2. The van der Waals surface area contributed by atoms with Gasteiger partial charge in [0.05, 0.1) is 10.6 Å². The molecule has 98 valence electrons. The van der Waals surface area contributed by atoms with Crippen molar-refractivity contribution in [1.82, 2.24) is 5.16 Å². The van der Waals surface area contributed by atoms with Crippen molar-refractivity contribution >= 4 is 17.3 Å². The summed E-state index contributed by atoms with van der Waals surface area (Å²) in [7, 11) is 0. The van der Waals surface area contributed by atoms with Crippen molar-refractivity contribution in [2.24, 2.45) is 0 Å². The van der Waals surface area contributed by atoms with Gasteiger partial charge < -0.3 is 9.84 Å². The summed E-state index contributed by atoms with van der Waals surface area (Å²) in [4.78, 5) is 22.1. The van der Waals surface area contributed by atoms with Gasteiger partial charge in [0.1, 0.15) is 11.3 Å². The Kier molecular flexibility index (Phi) is 3.28. The van der Waals surface area contributed by atoms with E-state index in [0.29, 0.717) is 22.7 Å². The fraction of sp³-hybridized carbons (Fsp3) is 0.167. The van der Waals surface area contributed by atoms with Crippen LogP contribution in [0.5, 0.6) is 0 Å². The third-order valence-electron chi connectivity index (χ3n) is 2.58. The number of benzene rings is 1. The zero-order chi connectivity index (χ0) is 14.0. The number of anilines is 1. The zero-order valence-corrected chi connectivity index (χ0v) is 10.3. The molecule has 0 atom stereocenters. The predicted molar refractivity (Wildman–Crippen MR) is 67.0 cm³/mol. The second-order valence-electron chi connectivity index (χ2n) is 3.96. The molecule has 2 rings (SSSR count). The molecule has 0 saturated heterocycles. The fourth-order valence-corrected chi connectivity index (χ4v) is 1.70. The van der Waals surface area contributed by atoms with Crippen molar-refractivity contribution in [2.45, 2.75) is 13.8 Å². The van der Waals surface area contributed by atoms with Gasteiger partial charge >= 0.3 is 0 Å². The number of non-ortho nitro benzene ring substituents is 1. The Labute approximate surface area is 108 Å². The standard InChI is InChI=1S/C12H11N3O4/c1-7-11(8(2)19-14-7)12(16)13-9-4-3-5-10(6-9)15(17)18/h3-6H,1-2H3,(H,13,16). The highest BCUT2D eigenvalue weighted by Crippen LogP contribution is 2.19. The van der Waals surface area contributed by atoms with E-state index in [1.807, 2.05) is 0 Å². The van der Waals surface area contributed by atoms with Crippen molar-refractivity contribution in [1.29, 1.82) is 0 Å². The molecule has 0 radical (unpaired) electrons. The minimum absolute atomic E-state index is 0.0865. The summed E-state index contributed by atoms with van der Waals surface area (Å²) in [6, 6.07) is 5.71. The Hall–Kier alpha value is -2.70. The monoisotopic (exact) mass is 261 g/mol. The van der Waals surface area contributed by atoms with E-state index in [0.717, 1.165) is 0 Å². The molecule has 19 heavy (non-hydrogen) atoms. The summed E-state index contributed by atoms with van der Waals surface area (Å²) in [6.45, 7) is 3.28. The molecule has 1 aromatic carbocycles. The van der Waals surface area contributed by atoms with Crippen LogP contribution in [0.3, 0.4) is 0 Å². The van der Waals surface area contributed by atoms with Gasteiger partial charge in [0, 0.05) is 17.8 Å². The van der Waals surface area contributed by atoms with Crippen molar-refractivity contribution in [2.75, 3.05) is 5.32 Å². The van der Waals surface area contributed by atoms with Gasteiger partial charge in [-0.15, -0.1) is 0 Å². The van der Waals surface area contributed by atoms with E-state index in [9.17, 15) is 14.9 Å². The summed E-state index contributed by atoms with van der Waals surface area (Å²) in [5.41, 5.74) is 1.07. The molecule has 0 aliphatic rings. The number of carbonyl (C=O) groups excluding carboxylic acids is 1. The van der Waals surface area contributed by atoms with Gasteiger partial charge in [-0.05, 0) is 19.9 Å². The molecular weight excluding hydrogens is 250 g/mol. The van der Waals surface area contributed by atoms with Crippen LogP contribution in [0, 0.1) is 24.0 Å². The van der Waals surface area contributed by atoms with Crippen LogP contribution in [-0.2, 0) is 0 Å². The van der Waals surface area contributed by atoms with E-state index in [-0.39, 0.29) is 5.69 Å². The molecule has 0 spiro atoms. The predicted octanol–water partition coefficient (Wildman–Crippen LogP) is 2.45. The summed E-state index contributed by atoms with van der Waals surface area (Å²) < 4.78 is 4.90. The number of nitro benzene ring substituents is 1. The molecule has 1 amide bonds. The van der Waals surface area contributed by atoms with Gasteiger partial charge in [0.25, 0.3) is 11.6 Å². The Balaban J connectivity index is 2.24. The second-order valence-corrected chi connectivity index (χ2v) is 3.96. The molecule has 7 heteroatoms. The highest BCUT2D eigenvalue weighted by Gasteiger charge is 2.18. The Morgan fingerprint density at radius 3 is 2.74 bits per heavy atom. The van der Waals surface area contributed by atoms with E-state index < -0.39 is 10.8 Å². The number of aromatic nitrogens is 1. The number of nitro groups is 1. The summed E-state index contributed by atoms with van der Waals surface area (Å²) in [5, 5.41) is 16.9. The average Bonchev–Trinajstić information content (AvgIpc) is 2.69. The van der Waals surface area contributed by atoms with E-state index in [4.69, 9.17) is 4.52 Å². The van der Waals surface area contributed by atoms with Gasteiger partial charge in [-0.1, -0.05) is 11.2 Å². The second kappa shape index (κ2) is 4.89. The summed E-state index contributed by atoms with van der Waals surface area (Å²) in [6.07, 6.45) is 0. The van der Waals surface area contributed by atoms with Crippen LogP contribution in [0.25, 0.3) is 0 Å². The highest BCUT2D eigenvalue weighted by atomic mass is 16.6. The molecule has 2 aromatic rings. The smallest absolute Gasteiger partial charge is 0.271 e. The molecule has 7 nitrogen and oxygen atoms in total. The lowest BCUT2D eigenvalue weighted by molar-refractivity contribution is -0.384. The fourth-order valence-electron chi connectivity index (χ4n) is 1.70. The van der Waals surface area contributed by atoms with Gasteiger partial charge in [0.2, 0.25) is 0 Å². The van der Waals surface area contributed by atoms with Crippen molar-refractivity contribution in [3.05, 3.63) is 51.4 Å². The lowest BCUT2D eigenvalue weighted by Gasteiger charge is -2.04. The van der Waals surface area contributed by atoms with Crippen LogP contribution in [-0.4, -0.2) is 16.0 Å². The maximum absolute atomic E-state index is 12.0. The largest absolute Gasteiger partial charge is 0.361 e.